The summed E-state index contributed by atoms with van der Waals surface area (Å²) in [5, 5.41) is 18.7. The van der Waals surface area contributed by atoms with E-state index < -0.39 is 47.9 Å². The molecule has 0 aliphatic heterocycles. The van der Waals surface area contributed by atoms with Gasteiger partial charge in [0.1, 0.15) is 18.1 Å². The second-order valence-electron chi connectivity index (χ2n) is 10.9. The molecule has 4 unspecified atom stereocenters. The number of carbonyl (C=O) groups excluding carboxylic acids is 3. The van der Waals surface area contributed by atoms with Crippen LogP contribution in [0, 0.1) is 11.8 Å². The lowest BCUT2D eigenvalue weighted by molar-refractivity contribution is -0.142. The third kappa shape index (κ3) is 10.4. The summed E-state index contributed by atoms with van der Waals surface area (Å²) in [7, 11) is 0. The molecule has 0 aliphatic rings. The van der Waals surface area contributed by atoms with E-state index in [0.717, 1.165) is 16.5 Å². The predicted octanol–water partition coefficient (Wildman–Crippen LogP) is 0.332. The van der Waals surface area contributed by atoms with Gasteiger partial charge in [-0.1, -0.05) is 45.9 Å². The number of aliphatic imine (C=N–C) groups is 1. The van der Waals surface area contributed by atoms with E-state index in [4.69, 9.17) is 17.2 Å². The second-order valence-corrected chi connectivity index (χ2v) is 10.9. The van der Waals surface area contributed by atoms with Gasteiger partial charge < -0.3 is 43.2 Å². The zero-order valence-corrected chi connectivity index (χ0v) is 24.1. The molecule has 0 radical (unpaired) electrons. The smallest absolute Gasteiger partial charge is 0.326 e. The van der Waals surface area contributed by atoms with E-state index in [1.165, 1.54) is 0 Å². The van der Waals surface area contributed by atoms with Gasteiger partial charge in [-0.05, 0) is 42.7 Å². The van der Waals surface area contributed by atoms with Crippen molar-refractivity contribution >= 4 is 40.6 Å². The maximum atomic E-state index is 13.4. The van der Waals surface area contributed by atoms with Crippen LogP contribution in [0.3, 0.4) is 0 Å². The van der Waals surface area contributed by atoms with Crippen molar-refractivity contribution in [1.29, 1.82) is 0 Å². The molecule has 0 spiro atoms. The average Bonchev–Trinajstić information content (AvgIpc) is 3.30. The van der Waals surface area contributed by atoms with E-state index in [0.29, 0.717) is 12.8 Å². The Balaban J connectivity index is 2.20. The molecule has 0 fully saturated rings. The minimum absolute atomic E-state index is 0.0260. The lowest BCUT2D eigenvalue weighted by Gasteiger charge is -2.27. The first kappa shape index (κ1) is 33.1. The van der Waals surface area contributed by atoms with Crippen molar-refractivity contribution in [2.45, 2.75) is 77.5 Å². The SMILES string of the molecule is CC(C)CC(N)C(=O)NC(C(=O)NC(CCCN=C(N)N)C(=O)NC(Cc1c[nH]c2ccccc12)C(=O)O)C(C)C. The van der Waals surface area contributed by atoms with Crippen LogP contribution in [0.2, 0.25) is 0 Å². The highest BCUT2D eigenvalue weighted by atomic mass is 16.4. The van der Waals surface area contributed by atoms with Crippen molar-refractivity contribution < 1.29 is 24.3 Å². The summed E-state index contributed by atoms with van der Waals surface area (Å²) in [4.78, 5) is 58.5. The molecule has 4 atom stereocenters. The Hall–Kier alpha value is -4.13. The van der Waals surface area contributed by atoms with Crippen molar-refractivity contribution in [2.24, 2.45) is 34.0 Å². The van der Waals surface area contributed by atoms with Gasteiger partial charge in [0, 0.05) is 30.1 Å². The Labute approximate surface area is 240 Å². The van der Waals surface area contributed by atoms with Gasteiger partial charge >= 0.3 is 5.97 Å². The van der Waals surface area contributed by atoms with Crippen LogP contribution >= 0.6 is 0 Å². The number of carboxylic acid groups (broad SMARTS) is 1. The van der Waals surface area contributed by atoms with Gasteiger partial charge in [0.25, 0.3) is 0 Å². The molecule has 0 saturated carbocycles. The number of carbonyl (C=O) groups is 4. The number of aromatic nitrogens is 1. The summed E-state index contributed by atoms with van der Waals surface area (Å²) in [6, 6.07) is 3.32. The number of amides is 3. The third-order valence-electron chi connectivity index (χ3n) is 6.60. The lowest BCUT2D eigenvalue weighted by Crippen LogP contribution is -2.58. The Morgan fingerprint density at radius 2 is 1.61 bits per heavy atom. The molecule has 1 aromatic carbocycles. The van der Waals surface area contributed by atoms with Gasteiger partial charge in [0.2, 0.25) is 17.7 Å². The van der Waals surface area contributed by atoms with E-state index in [1.54, 1.807) is 20.0 Å². The molecule has 11 N–H and O–H groups in total. The third-order valence-corrected chi connectivity index (χ3v) is 6.60. The van der Waals surface area contributed by atoms with Crippen LogP contribution in [0.5, 0.6) is 0 Å². The van der Waals surface area contributed by atoms with E-state index in [9.17, 15) is 24.3 Å². The first-order valence-corrected chi connectivity index (χ1v) is 13.8. The molecule has 13 heteroatoms. The topological polar surface area (TPSA) is 231 Å². The predicted molar refractivity (Wildman–Crippen MR) is 158 cm³/mol. The summed E-state index contributed by atoms with van der Waals surface area (Å²) in [6.07, 6.45) is 2.63. The maximum Gasteiger partial charge on any atom is 0.326 e. The number of aliphatic carboxylic acids is 1. The first-order chi connectivity index (χ1) is 19.3. The normalized spacial score (nSPS) is 14.2. The average molecular weight is 573 g/mol. The number of aromatic amines is 1. The molecule has 226 valence electrons. The van der Waals surface area contributed by atoms with E-state index in [2.05, 4.69) is 25.9 Å². The van der Waals surface area contributed by atoms with Gasteiger partial charge in [0.15, 0.2) is 5.96 Å². The number of benzene rings is 1. The number of carboxylic acids is 1. The fourth-order valence-corrected chi connectivity index (χ4v) is 4.44. The molecule has 0 bridgehead atoms. The summed E-state index contributed by atoms with van der Waals surface area (Å²) in [5.74, 6) is -3.20. The minimum Gasteiger partial charge on any atom is -0.480 e. The molecule has 41 heavy (non-hydrogen) atoms. The molecule has 3 amide bonds. The van der Waals surface area contributed by atoms with Crippen molar-refractivity contribution in [3.05, 3.63) is 36.0 Å². The van der Waals surface area contributed by atoms with Crippen molar-refractivity contribution in [3.8, 4) is 0 Å². The largest absolute Gasteiger partial charge is 0.480 e. The van der Waals surface area contributed by atoms with Crippen LogP contribution in [0.1, 0.15) is 52.5 Å². The van der Waals surface area contributed by atoms with Crippen molar-refractivity contribution in [2.75, 3.05) is 6.54 Å². The standard InChI is InChI=1S/C28H44N8O5/c1-15(2)12-19(29)24(37)36-23(16(3)4)26(39)34-21(10-7-11-32-28(30)31)25(38)35-22(27(40)41)13-17-14-33-20-9-6-5-8-18(17)20/h5-6,8-9,14-16,19,21-23,33H,7,10-13,29H2,1-4H3,(H,34,39)(H,35,38)(H,36,37)(H,40,41)(H4,30,31,32). The maximum absolute atomic E-state index is 13.4. The van der Waals surface area contributed by atoms with E-state index in [-0.39, 0.29) is 37.2 Å². The first-order valence-electron chi connectivity index (χ1n) is 13.8. The van der Waals surface area contributed by atoms with Crippen LogP contribution in [0.4, 0.5) is 0 Å². The van der Waals surface area contributed by atoms with Gasteiger partial charge in [-0.3, -0.25) is 19.4 Å². The van der Waals surface area contributed by atoms with Crippen LogP contribution in [0.15, 0.2) is 35.5 Å². The Bertz CT molecular complexity index is 1220. The number of guanidine groups is 1. The highest BCUT2D eigenvalue weighted by molar-refractivity contribution is 5.94. The number of nitrogens with zero attached hydrogens (tertiary/aromatic N) is 1. The number of nitrogens with one attached hydrogen (secondary N) is 4. The monoisotopic (exact) mass is 572 g/mol. The van der Waals surface area contributed by atoms with Crippen LogP contribution in [-0.2, 0) is 25.6 Å². The summed E-state index contributed by atoms with van der Waals surface area (Å²) >= 11 is 0. The van der Waals surface area contributed by atoms with Gasteiger partial charge in [-0.25, -0.2) is 4.79 Å². The Morgan fingerprint density at radius 3 is 2.22 bits per heavy atom. The molecule has 0 saturated heterocycles. The fourth-order valence-electron chi connectivity index (χ4n) is 4.44. The number of fused-ring (bicyclic) bond motifs is 1. The minimum atomic E-state index is -1.26. The van der Waals surface area contributed by atoms with Gasteiger partial charge in [0.05, 0.1) is 6.04 Å². The molecule has 2 rings (SSSR count). The highest BCUT2D eigenvalue weighted by Gasteiger charge is 2.32. The molecule has 1 heterocycles. The quantitative estimate of drug-likeness (QED) is 0.0791. The molecule has 1 aromatic heterocycles. The van der Waals surface area contributed by atoms with E-state index >= 15 is 0 Å². The van der Waals surface area contributed by atoms with Crippen LogP contribution in [-0.4, -0.2) is 70.5 Å². The number of H-pyrrole nitrogens is 1. The Kier molecular flexibility index (Phi) is 12.6. The molecular formula is C28H44N8O5. The summed E-state index contributed by atoms with van der Waals surface area (Å²) in [6.45, 7) is 7.60. The van der Waals surface area contributed by atoms with Crippen LogP contribution < -0.4 is 33.2 Å². The number of para-hydroxylation sites is 1. The Morgan fingerprint density at radius 1 is 0.951 bits per heavy atom. The summed E-state index contributed by atoms with van der Waals surface area (Å²) < 4.78 is 0. The molecule has 13 nitrogen and oxygen atoms in total. The summed E-state index contributed by atoms with van der Waals surface area (Å²) in [5.41, 5.74) is 18.3. The van der Waals surface area contributed by atoms with Crippen molar-refractivity contribution in [1.82, 2.24) is 20.9 Å². The van der Waals surface area contributed by atoms with E-state index in [1.807, 2.05) is 38.1 Å². The number of nitrogens with two attached hydrogens (primary N) is 3. The zero-order valence-electron chi connectivity index (χ0n) is 24.1. The lowest BCUT2D eigenvalue weighted by atomic mass is 9.99. The fraction of sp³-hybridized carbons (Fsp3) is 0.536. The number of rotatable bonds is 16. The van der Waals surface area contributed by atoms with Gasteiger partial charge in [-0.2, -0.15) is 0 Å². The van der Waals surface area contributed by atoms with Crippen LogP contribution in [0.25, 0.3) is 10.9 Å². The molecule has 2 aromatic rings. The molecule has 0 aliphatic carbocycles. The molecular weight excluding hydrogens is 528 g/mol. The van der Waals surface area contributed by atoms with Crippen molar-refractivity contribution in [3.63, 3.8) is 0 Å². The number of hydrogen-bond donors (Lipinski definition) is 8. The number of hydrogen-bond acceptors (Lipinski definition) is 6. The highest BCUT2D eigenvalue weighted by Crippen LogP contribution is 2.19. The second kappa shape index (κ2) is 15.6. The van der Waals surface area contributed by atoms with Gasteiger partial charge in [-0.15, -0.1) is 0 Å². The zero-order chi connectivity index (χ0) is 30.7.